The fourth-order valence-corrected chi connectivity index (χ4v) is 3.39. The van der Waals surface area contributed by atoms with Gasteiger partial charge in [-0.25, -0.2) is 14.8 Å². The number of carboxylic acid groups (broad SMARTS) is 3. The van der Waals surface area contributed by atoms with Crippen LogP contribution < -0.4 is 33.4 Å². The number of anilines is 2. The second kappa shape index (κ2) is 16.2. The number of carboxylic acids is 3. The fraction of sp³-hybridized carbons (Fsp3) is 0.360. The molecule has 17 heteroatoms. The smallest absolute Gasteiger partial charge is 0.326 e. The molecule has 0 unspecified atom stereocenters. The van der Waals surface area contributed by atoms with E-state index in [9.17, 15) is 24.0 Å². The number of fused-ring (bicyclic) bond motifs is 1. The zero-order valence-corrected chi connectivity index (χ0v) is 22.4. The molecule has 0 aliphatic carbocycles. The summed E-state index contributed by atoms with van der Waals surface area (Å²) in [5.41, 5.74) is 16.9. The molecule has 0 spiro atoms. The second-order valence-electron chi connectivity index (χ2n) is 8.94. The predicted molar refractivity (Wildman–Crippen MR) is 150 cm³/mol. The van der Waals surface area contributed by atoms with Gasteiger partial charge in [-0.1, -0.05) is 6.42 Å². The number of carbonyl (C=O) groups is 4. The Morgan fingerprint density at radius 3 is 2.26 bits per heavy atom. The van der Waals surface area contributed by atoms with Crippen LogP contribution in [-0.4, -0.2) is 77.7 Å². The number of nitrogens with zero attached hydrogens (tertiary/aromatic N) is 3. The fourth-order valence-electron chi connectivity index (χ4n) is 3.39. The molecule has 2 aromatic heterocycles. The Kier molecular flexibility index (Phi) is 12.7. The third-order valence-corrected chi connectivity index (χ3v) is 5.65. The lowest BCUT2D eigenvalue weighted by atomic mass is 10.1. The second-order valence-corrected chi connectivity index (χ2v) is 8.94. The molecule has 0 aliphatic rings. The highest BCUT2D eigenvalue weighted by molar-refractivity contribution is 5.97. The van der Waals surface area contributed by atoms with E-state index in [1.807, 2.05) is 0 Å². The van der Waals surface area contributed by atoms with E-state index in [-0.39, 0.29) is 42.1 Å². The number of amides is 1. The number of H-pyrrole nitrogens is 1. The molecule has 12 N–H and O–H groups in total. The maximum absolute atomic E-state index is 12.3. The highest BCUT2D eigenvalue weighted by Gasteiger charge is 2.21. The summed E-state index contributed by atoms with van der Waals surface area (Å²) in [6, 6.07) is 4.15. The van der Waals surface area contributed by atoms with E-state index < -0.39 is 41.5 Å². The van der Waals surface area contributed by atoms with Gasteiger partial charge in [-0.15, -0.1) is 0 Å². The van der Waals surface area contributed by atoms with Crippen molar-refractivity contribution in [2.45, 2.75) is 50.7 Å². The summed E-state index contributed by atoms with van der Waals surface area (Å²) in [7, 11) is 0. The lowest BCUT2D eigenvalue weighted by Gasteiger charge is -2.14. The van der Waals surface area contributed by atoms with Crippen LogP contribution in [0.4, 0.5) is 11.6 Å². The van der Waals surface area contributed by atoms with E-state index in [1.54, 1.807) is 12.1 Å². The molecule has 0 saturated carbocycles. The number of carbonyl (C=O) groups excluding carboxylic acids is 1. The predicted octanol–water partition coefficient (Wildman–Crippen LogP) is -0.517. The number of hydrogen-bond acceptors (Lipinski definition) is 12. The first-order valence-electron chi connectivity index (χ1n) is 12.7. The van der Waals surface area contributed by atoms with Gasteiger partial charge in [-0.3, -0.25) is 19.2 Å². The van der Waals surface area contributed by atoms with Crippen LogP contribution in [0.3, 0.4) is 0 Å². The number of nitrogens with two attached hydrogens (primary N) is 3. The van der Waals surface area contributed by atoms with Crippen molar-refractivity contribution in [1.29, 1.82) is 0 Å². The number of nitrogens with one attached hydrogen (secondary N) is 3. The van der Waals surface area contributed by atoms with E-state index in [0.717, 1.165) is 12.8 Å². The molecule has 0 bridgehead atoms. The van der Waals surface area contributed by atoms with Crippen molar-refractivity contribution >= 4 is 46.6 Å². The molecular weight excluding hydrogens is 554 g/mol. The van der Waals surface area contributed by atoms with Crippen LogP contribution in [0, 0.1) is 0 Å². The SMILES string of the molecule is NCCCC[C@H](N)C(=O)O.Nc1nc(=O)c2nc(CNc3ccc(C(=O)N[C@@H](CCC(=O)O)C(=O)O)cc3)cnc2[nH]1. The molecule has 3 aromatic rings. The van der Waals surface area contributed by atoms with Crippen molar-refractivity contribution in [3.05, 3.63) is 52.1 Å². The van der Waals surface area contributed by atoms with E-state index >= 15 is 0 Å². The minimum absolute atomic E-state index is 0.0524. The molecule has 226 valence electrons. The number of hydrogen-bond donors (Lipinski definition) is 9. The van der Waals surface area contributed by atoms with Gasteiger partial charge in [0.2, 0.25) is 5.95 Å². The van der Waals surface area contributed by atoms with E-state index in [1.165, 1.54) is 18.3 Å². The number of nitrogen functional groups attached to an aromatic ring is 1. The van der Waals surface area contributed by atoms with Crippen molar-refractivity contribution in [3.63, 3.8) is 0 Å². The van der Waals surface area contributed by atoms with Gasteiger partial charge in [0.15, 0.2) is 11.2 Å². The summed E-state index contributed by atoms with van der Waals surface area (Å²) in [5, 5.41) is 31.5. The highest BCUT2D eigenvalue weighted by atomic mass is 16.4. The van der Waals surface area contributed by atoms with E-state index in [2.05, 4.69) is 30.6 Å². The van der Waals surface area contributed by atoms with Gasteiger partial charge in [-0.05, 0) is 50.1 Å². The van der Waals surface area contributed by atoms with Gasteiger partial charge in [-0.2, -0.15) is 4.98 Å². The number of aliphatic carboxylic acids is 3. The molecule has 3 rings (SSSR count). The molecule has 1 aromatic carbocycles. The maximum Gasteiger partial charge on any atom is 0.326 e. The first kappa shape index (κ1) is 33.0. The van der Waals surface area contributed by atoms with Crippen LogP contribution in [0.25, 0.3) is 11.2 Å². The lowest BCUT2D eigenvalue weighted by molar-refractivity contribution is -0.141. The van der Waals surface area contributed by atoms with Crippen LogP contribution in [0.15, 0.2) is 35.3 Å². The quantitative estimate of drug-likeness (QED) is 0.107. The van der Waals surface area contributed by atoms with Crippen molar-refractivity contribution in [1.82, 2.24) is 25.3 Å². The zero-order valence-electron chi connectivity index (χ0n) is 22.4. The van der Waals surface area contributed by atoms with Crippen LogP contribution in [-0.2, 0) is 20.9 Å². The minimum Gasteiger partial charge on any atom is -0.481 e. The first-order chi connectivity index (χ1) is 19.9. The summed E-state index contributed by atoms with van der Waals surface area (Å²) in [4.78, 5) is 70.7. The summed E-state index contributed by atoms with van der Waals surface area (Å²) in [5.74, 6) is -4.09. The van der Waals surface area contributed by atoms with Gasteiger partial charge in [0, 0.05) is 17.7 Å². The van der Waals surface area contributed by atoms with Crippen LogP contribution in [0.5, 0.6) is 0 Å². The number of aromatic nitrogens is 4. The Bertz CT molecular complexity index is 1450. The summed E-state index contributed by atoms with van der Waals surface area (Å²) < 4.78 is 0. The highest BCUT2D eigenvalue weighted by Crippen LogP contribution is 2.12. The zero-order chi connectivity index (χ0) is 31.2. The van der Waals surface area contributed by atoms with Crippen molar-refractivity contribution in [2.75, 3.05) is 17.6 Å². The van der Waals surface area contributed by atoms with Gasteiger partial charge in [0.05, 0.1) is 18.4 Å². The molecule has 0 aliphatic heterocycles. The standard InChI is InChI=1S/C19H19N7O6.C6H14N2O2/c20-19-25-15-14(17(30)26-19)23-11(8-22-15)7-21-10-3-1-9(2-4-10)16(29)24-12(18(31)32)5-6-13(27)28;7-4-2-1-3-5(8)6(9)10/h1-4,8,12,21H,5-7H2,(H,24,29)(H,27,28)(H,31,32)(H3,20,22,25,26,30);5H,1-4,7-8H2,(H,9,10)/t12-;5-/m00/s1. The van der Waals surface area contributed by atoms with Crippen molar-refractivity contribution in [2.24, 2.45) is 11.5 Å². The van der Waals surface area contributed by atoms with Crippen molar-refractivity contribution < 1.29 is 34.5 Å². The van der Waals surface area contributed by atoms with Crippen LogP contribution in [0.2, 0.25) is 0 Å². The monoisotopic (exact) mass is 587 g/mol. The van der Waals surface area contributed by atoms with Gasteiger partial charge in [0.25, 0.3) is 5.91 Å². The van der Waals surface area contributed by atoms with Crippen LogP contribution >= 0.6 is 0 Å². The van der Waals surface area contributed by atoms with Gasteiger partial charge < -0.3 is 48.1 Å². The Labute approximate surface area is 238 Å². The Balaban J connectivity index is 0.000000528. The molecular formula is C25H33N9O8. The van der Waals surface area contributed by atoms with Crippen molar-refractivity contribution in [3.8, 4) is 0 Å². The molecule has 2 heterocycles. The third kappa shape index (κ3) is 10.8. The topological polar surface area (TPSA) is 303 Å². The van der Waals surface area contributed by atoms with Gasteiger partial charge in [0.1, 0.15) is 12.1 Å². The molecule has 2 atom stereocenters. The normalized spacial score (nSPS) is 12.0. The number of unbranched alkanes of at least 4 members (excludes halogenated alkanes) is 1. The molecule has 0 radical (unpaired) electrons. The van der Waals surface area contributed by atoms with Crippen LogP contribution in [0.1, 0.15) is 48.2 Å². The van der Waals surface area contributed by atoms with E-state index in [0.29, 0.717) is 24.3 Å². The van der Waals surface area contributed by atoms with Gasteiger partial charge >= 0.3 is 23.5 Å². The molecule has 0 saturated heterocycles. The molecule has 42 heavy (non-hydrogen) atoms. The maximum atomic E-state index is 12.3. The minimum atomic E-state index is -1.31. The number of benzene rings is 1. The molecule has 17 nitrogen and oxygen atoms in total. The molecule has 1 amide bonds. The number of aromatic amines is 1. The average molecular weight is 588 g/mol. The third-order valence-electron chi connectivity index (χ3n) is 5.65. The summed E-state index contributed by atoms with van der Waals surface area (Å²) in [6.45, 7) is 0.834. The number of rotatable bonds is 14. The largest absolute Gasteiger partial charge is 0.481 e. The lowest BCUT2D eigenvalue weighted by Crippen LogP contribution is -2.41. The first-order valence-corrected chi connectivity index (χ1v) is 12.7. The Morgan fingerprint density at radius 1 is 0.976 bits per heavy atom. The molecule has 0 fully saturated rings. The average Bonchev–Trinajstić information content (AvgIpc) is 2.94. The Morgan fingerprint density at radius 2 is 1.67 bits per heavy atom. The van der Waals surface area contributed by atoms with E-state index in [4.69, 9.17) is 32.5 Å². The summed E-state index contributed by atoms with van der Waals surface area (Å²) in [6.07, 6.45) is 3.02. The summed E-state index contributed by atoms with van der Waals surface area (Å²) >= 11 is 0. The Hall–Kier alpha value is -5.16.